The Morgan fingerprint density at radius 1 is 1.04 bits per heavy atom. The van der Waals surface area contributed by atoms with Gasteiger partial charge >= 0.3 is 6.03 Å². The van der Waals surface area contributed by atoms with E-state index in [1.807, 2.05) is 23.9 Å². The van der Waals surface area contributed by atoms with Gasteiger partial charge in [0.1, 0.15) is 0 Å². The molecule has 1 fully saturated rings. The zero-order chi connectivity index (χ0) is 20.0. The molecule has 2 N–H and O–H groups in total. The van der Waals surface area contributed by atoms with Gasteiger partial charge in [-0.05, 0) is 42.7 Å². The molecule has 2 amide bonds. The summed E-state index contributed by atoms with van der Waals surface area (Å²) in [5.74, 6) is 0. The van der Waals surface area contributed by atoms with Gasteiger partial charge in [0, 0.05) is 41.0 Å². The number of thioether (sulfide) groups is 1. The molecule has 1 heterocycles. The van der Waals surface area contributed by atoms with Crippen molar-refractivity contribution in [2.45, 2.75) is 55.8 Å². The van der Waals surface area contributed by atoms with Gasteiger partial charge in [0.05, 0.1) is 0 Å². The standard InChI is InChI=1S/C23H31N3OS/c1-23(2,3)28-21-11-9-19(10-12-21)24-22(27)25-20-13-15-26(16-14-20)17-18-7-5-4-6-8-18/h4-12,20H,13-17H2,1-3H3,(H2,24,25,27). The first kappa shape index (κ1) is 20.7. The molecular formula is C23H31N3OS. The summed E-state index contributed by atoms with van der Waals surface area (Å²) in [6.07, 6.45) is 1.98. The molecule has 2 aromatic carbocycles. The number of nitrogens with zero attached hydrogens (tertiary/aromatic N) is 1. The van der Waals surface area contributed by atoms with Gasteiger partial charge < -0.3 is 10.6 Å². The van der Waals surface area contributed by atoms with Gasteiger partial charge in [-0.2, -0.15) is 0 Å². The molecule has 0 bridgehead atoms. The highest BCUT2D eigenvalue weighted by molar-refractivity contribution is 8.00. The summed E-state index contributed by atoms with van der Waals surface area (Å²) < 4.78 is 0.182. The lowest BCUT2D eigenvalue weighted by Crippen LogP contribution is -2.45. The fourth-order valence-electron chi connectivity index (χ4n) is 3.39. The average Bonchev–Trinajstić information content (AvgIpc) is 2.65. The summed E-state index contributed by atoms with van der Waals surface area (Å²) in [5.41, 5.74) is 2.18. The van der Waals surface area contributed by atoms with Crippen LogP contribution in [-0.2, 0) is 6.54 Å². The predicted molar refractivity (Wildman–Crippen MR) is 119 cm³/mol. The number of amides is 2. The van der Waals surface area contributed by atoms with Crippen LogP contribution in [0.3, 0.4) is 0 Å². The number of rotatable bonds is 5. The van der Waals surface area contributed by atoms with Gasteiger partial charge in [0.25, 0.3) is 0 Å². The molecule has 0 saturated carbocycles. The van der Waals surface area contributed by atoms with Crippen molar-refractivity contribution in [3.63, 3.8) is 0 Å². The molecule has 1 aliphatic rings. The summed E-state index contributed by atoms with van der Waals surface area (Å²) in [5, 5.41) is 6.08. The number of carbonyl (C=O) groups excluding carboxylic acids is 1. The van der Waals surface area contributed by atoms with E-state index < -0.39 is 0 Å². The quantitative estimate of drug-likeness (QED) is 0.667. The van der Waals surface area contributed by atoms with E-state index in [1.165, 1.54) is 10.5 Å². The number of nitrogens with one attached hydrogen (secondary N) is 2. The van der Waals surface area contributed by atoms with E-state index in [1.54, 1.807) is 0 Å². The molecule has 0 aromatic heterocycles. The third-order valence-electron chi connectivity index (χ3n) is 4.71. The van der Waals surface area contributed by atoms with Gasteiger partial charge in [-0.1, -0.05) is 51.1 Å². The van der Waals surface area contributed by atoms with Crippen LogP contribution in [0.2, 0.25) is 0 Å². The molecule has 0 atom stereocenters. The molecule has 4 nitrogen and oxygen atoms in total. The van der Waals surface area contributed by atoms with Crippen LogP contribution < -0.4 is 10.6 Å². The molecular weight excluding hydrogens is 366 g/mol. The van der Waals surface area contributed by atoms with E-state index in [2.05, 4.69) is 78.8 Å². The first-order chi connectivity index (χ1) is 13.4. The summed E-state index contributed by atoms with van der Waals surface area (Å²) >= 11 is 1.82. The van der Waals surface area contributed by atoms with Gasteiger partial charge in [-0.3, -0.25) is 4.90 Å². The molecule has 150 valence electrons. The number of hydrogen-bond acceptors (Lipinski definition) is 3. The summed E-state index contributed by atoms with van der Waals surface area (Å²) in [4.78, 5) is 16.0. The summed E-state index contributed by atoms with van der Waals surface area (Å²) in [6, 6.07) is 18.7. The zero-order valence-corrected chi connectivity index (χ0v) is 17.9. The average molecular weight is 398 g/mol. The Bertz CT molecular complexity index is 748. The van der Waals surface area contributed by atoms with Crippen LogP contribution in [0.15, 0.2) is 59.5 Å². The van der Waals surface area contributed by atoms with Crippen molar-refractivity contribution in [1.82, 2.24) is 10.2 Å². The largest absolute Gasteiger partial charge is 0.335 e. The van der Waals surface area contributed by atoms with Crippen LogP contribution in [0, 0.1) is 0 Å². The maximum Gasteiger partial charge on any atom is 0.319 e. The Morgan fingerprint density at radius 3 is 2.29 bits per heavy atom. The second kappa shape index (κ2) is 9.48. The fourth-order valence-corrected chi connectivity index (χ4v) is 4.37. The van der Waals surface area contributed by atoms with Gasteiger partial charge in [0.2, 0.25) is 0 Å². The third-order valence-corrected chi connectivity index (χ3v) is 5.83. The number of piperidine rings is 1. The number of carbonyl (C=O) groups is 1. The van der Waals surface area contributed by atoms with Crippen molar-refractivity contribution in [3.8, 4) is 0 Å². The Hall–Kier alpha value is -1.98. The van der Waals surface area contributed by atoms with E-state index in [-0.39, 0.29) is 16.8 Å². The van der Waals surface area contributed by atoms with Crippen molar-refractivity contribution >= 4 is 23.5 Å². The Morgan fingerprint density at radius 2 is 1.68 bits per heavy atom. The van der Waals surface area contributed by atoms with Crippen LogP contribution in [0.4, 0.5) is 10.5 Å². The Balaban J connectivity index is 1.41. The zero-order valence-electron chi connectivity index (χ0n) is 17.1. The topological polar surface area (TPSA) is 44.4 Å². The first-order valence-electron chi connectivity index (χ1n) is 10.0. The van der Waals surface area contributed by atoms with Crippen LogP contribution in [0.5, 0.6) is 0 Å². The molecule has 3 rings (SSSR count). The second-order valence-corrected chi connectivity index (χ2v) is 10.3. The molecule has 28 heavy (non-hydrogen) atoms. The molecule has 1 aliphatic heterocycles. The number of benzene rings is 2. The molecule has 0 spiro atoms. The summed E-state index contributed by atoms with van der Waals surface area (Å²) in [7, 11) is 0. The van der Waals surface area contributed by atoms with E-state index >= 15 is 0 Å². The minimum atomic E-state index is -0.113. The van der Waals surface area contributed by atoms with Crippen LogP contribution in [-0.4, -0.2) is 34.8 Å². The summed E-state index contributed by atoms with van der Waals surface area (Å²) in [6.45, 7) is 9.60. The van der Waals surface area contributed by atoms with Crippen molar-refractivity contribution < 1.29 is 4.79 Å². The highest BCUT2D eigenvalue weighted by atomic mass is 32.2. The minimum Gasteiger partial charge on any atom is -0.335 e. The molecule has 0 radical (unpaired) electrons. The lowest BCUT2D eigenvalue weighted by atomic mass is 10.0. The minimum absolute atomic E-state index is 0.113. The maximum atomic E-state index is 12.3. The van der Waals surface area contributed by atoms with Crippen LogP contribution in [0.25, 0.3) is 0 Å². The van der Waals surface area contributed by atoms with Gasteiger partial charge in [-0.15, -0.1) is 11.8 Å². The molecule has 2 aromatic rings. The van der Waals surface area contributed by atoms with Crippen LogP contribution >= 0.6 is 11.8 Å². The smallest absolute Gasteiger partial charge is 0.319 e. The van der Waals surface area contributed by atoms with Crippen molar-refractivity contribution in [2.24, 2.45) is 0 Å². The highest BCUT2D eigenvalue weighted by Crippen LogP contribution is 2.32. The Labute approximate surface area is 173 Å². The lowest BCUT2D eigenvalue weighted by Gasteiger charge is -2.32. The number of urea groups is 1. The van der Waals surface area contributed by atoms with Gasteiger partial charge in [-0.25, -0.2) is 4.79 Å². The molecule has 1 saturated heterocycles. The third kappa shape index (κ3) is 6.88. The van der Waals surface area contributed by atoms with Crippen molar-refractivity contribution in [2.75, 3.05) is 18.4 Å². The van der Waals surface area contributed by atoms with Crippen LogP contribution in [0.1, 0.15) is 39.2 Å². The number of likely N-dealkylation sites (tertiary alicyclic amines) is 1. The number of anilines is 1. The SMILES string of the molecule is CC(C)(C)Sc1ccc(NC(=O)NC2CCN(Cc3ccccc3)CC2)cc1. The monoisotopic (exact) mass is 397 g/mol. The molecule has 0 aliphatic carbocycles. The van der Waals surface area contributed by atoms with Crippen molar-refractivity contribution in [1.29, 1.82) is 0 Å². The fraction of sp³-hybridized carbons (Fsp3) is 0.435. The van der Waals surface area contributed by atoms with Gasteiger partial charge in [0.15, 0.2) is 0 Å². The van der Waals surface area contributed by atoms with E-state index in [0.29, 0.717) is 0 Å². The molecule has 0 unspecified atom stereocenters. The number of hydrogen-bond donors (Lipinski definition) is 2. The van der Waals surface area contributed by atoms with E-state index in [9.17, 15) is 4.79 Å². The lowest BCUT2D eigenvalue weighted by molar-refractivity contribution is 0.190. The maximum absolute atomic E-state index is 12.3. The highest BCUT2D eigenvalue weighted by Gasteiger charge is 2.20. The van der Waals surface area contributed by atoms with E-state index in [4.69, 9.17) is 0 Å². The first-order valence-corrected chi connectivity index (χ1v) is 10.8. The van der Waals surface area contributed by atoms with Crippen molar-refractivity contribution in [3.05, 3.63) is 60.2 Å². The normalized spacial score (nSPS) is 16.0. The Kier molecular flexibility index (Phi) is 7.03. The van der Waals surface area contributed by atoms with E-state index in [0.717, 1.165) is 38.2 Å². The molecule has 5 heteroatoms. The second-order valence-electron chi connectivity index (χ2n) is 8.37. The predicted octanol–water partition coefficient (Wildman–Crippen LogP) is 5.36.